The maximum Gasteiger partial charge on any atom is 0.0369 e. The summed E-state index contributed by atoms with van der Waals surface area (Å²) in [5, 5.41) is 0. The van der Waals surface area contributed by atoms with Crippen LogP contribution in [0.2, 0.25) is 0 Å². The van der Waals surface area contributed by atoms with Gasteiger partial charge >= 0.3 is 0 Å². The van der Waals surface area contributed by atoms with Crippen LogP contribution in [-0.2, 0) is 0 Å². The van der Waals surface area contributed by atoms with Gasteiger partial charge in [0.25, 0.3) is 0 Å². The van der Waals surface area contributed by atoms with Crippen LogP contribution in [0.1, 0.15) is 27.2 Å². The molecule has 66 valence electrons. The maximum absolute atomic E-state index is 4.29. The van der Waals surface area contributed by atoms with E-state index in [0.717, 1.165) is 17.8 Å². The second-order valence-electron chi connectivity index (χ2n) is 2.61. The van der Waals surface area contributed by atoms with E-state index in [0.29, 0.717) is 0 Å². The molecule has 12 heavy (non-hydrogen) atoms. The number of hydrogen-bond donors (Lipinski definition) is 0. The van der Waals surface area contributed by atoms with Gasteiger partial charge in [0.1, 0.15) is 0 Å². The van der Waals surface area contributed by atoms with E-state index in [2.05, 4.69) is 23.7 Å². The molecule has 0 saturated carbocycles. The average molecular weight is 163 g/mol. The lowest BCUT2D eigenvalue weighted by atomic mass is 10.3. The highest BCUT2D eigenvalue weighted by Crippen LogP contribution is 1.99. The van der Waals surface area contributed by atoms with Crippen molar-refractivity contribution in [3.63, 3.8) is 0 Å². The molecule has 0 N–H and O–H groups in total. The Morgan fingerprint density at radius 1 is 1.42 bits per heavy atom. The van der Waals surface area contributed by atoms with E-state index in [1.807, 2.05) is 26.8 Å². The normalized spacial score (nSPS) is 13.9. The molecule has 0 aliphatic carbocycles. The van der Waals surface area contributed by atoms with Gasteiger partial charge in [-0.1, -0.05) is 24.8 Å². The van der Waals surface area contributed by atoms with E-state index in [1.54, 1.807) is 6.08 Å². The first kappa shape index (κ1) is 10.9. The summed E-state index contributed by atoms with van der Waals surface area (Å²) in [7, 11) is 0. The fraction of sp³-hybridized carbons (Fsp3) is 0.364. The van der Waals surface area contributed by atoms with E-state index in [4.69, 9.17) is 0 Å². The minimum absolute atomic E-state index is 0.955. The smallest absolute Gasteiger partial charge is 0.0369 e. The molecule has 0 fully saturated rings. The standard InChI is InChI=1S/C11H17N/c1-5-7-8-9-11(4)12-10(3)6-2/h5-7,9H,2,8H2,1,3-4H3/b7-5+,11-9-,12-10?. The van der Waals surface area contributed by atoms with Crippen LogP contribution in [-0.4, -0.2) is 5.71 Å². The molecule has 0 aromatic heterocycles. The molecule has 0 saturated heterocycles. The first-order valence-electron chi connectivity index (χ1n) is 4.16. The van der Waals surface area contributed by atoms with Gasteiger partial charge in [0.15, 0.2) is 0 Å². The minimum atomic E-state index is 0.955. The van der Waals surface area contributed by atoms with Crippen molar-refractivity contribution in [3.8, 4) is 0 Å². The molecule has 1 nitrogen and oxygen atoms in total. The molecule has 0 aliphatic heterocycles. The third-order valence-electron chi connectivity index (χ3n) is 1.43. The van der Waals surface area contributed by atoms with Gasteiger partial charge in [-0.3, -0.25) is 4.99 Å². The van der Waals surface area contributed by atoms with Gasteiger partial charge in [-0.25, -0.2) is 0 Å². The molecule has 0 aromatic rings. The fourth-order valence-electron chi connectivity index (χ4n) is 0.744. The monoisotopic (exact) mass is 163 g/mol. The molecule has 0 radical (unpaired) electrons. The van der Waals surface area contributed by atoms with Gasteiger partial charge in [-0.05, 0) is 33.3 Å². The number of rotatable bonds is 4. The Bertz CT molecular complexity index is 219. The topological polar surface area (TPSA) is 12.4 Å². The van der Waals surface area contributed by atoms with Crippen molar-refractivity contribution in [1.29, 1.82) is 0 Å². The van der Waals surface area contributed by atoms with Gasteiger partial charge in [0.05, 0.1) is 0 Å². The molecular weight excluding hydrogens is 146 g/mol. The van der Waals surface area contributed by atoms with Gasteiger partial charge in [-0.15, -0.1) is 0 Å². The predicted octanol–water partition coefficient (Wildman–Crippen LogP) is 3.50. The lowest BCUT2D eigenvalue weighted by Gasteiger charge is -1.92. The highest BCUT2D eigenvalue weighted by atomic mass is 14.7. The van der Waals surface area contributed by atoms with E-state index in [-0.39, 0.29) is 0 Å². The van der Waals surface area contributed by atoms with E-state index in [9.17, 15) is 0 Å². The van der Waals surface area contributed by atoms with Crippen LogP contribution in [0.5, 0.6) is 0 Å². The van der Waals surface area contributed by atoms with Crippen LogP contribution in [0, 0.1) is 0 Å². The summed E-state index contributed by atoms with van der Waals surface area (Å²) in [5.41, 5.74) is 2.01. The third-order valence-corrected chi connectivity index (χ3v) is 1.43. The highest BCUT2D eigenvalue weighted by Gasteiger charge is 1.83. The fourth-order valence-corrected chi connectivity index (χ4v) is 0.744. The lowest BCUT2D eigenvalue weighted by Crippen LogP contribution is -1.83. The molecule has 0 amide bonds. The maximum atomic E-state index is 4.29. The third kappa shape index (κ3) is 5.66. The summed E-state index contributed by atoms with van der Waals surface area (Å²) in [6.45, 7) is 9.59. The molecule has 1 heteroatoms. The number of aliphatic imine (C=N–C) groups is 1. The average Bonchev–Trinajstić information content (AvgIpc) is 2.05. The molecule has 0 heterocycles. The van der Waals surface area contributed by atoms with Crippen LogP contribution in [0.15, 0.2) is 41.6 Å². The Labute approximate surface area is 75.2 Å². The number of nitrogens with zero attached hydrogens (tertiary/aromatic N) is 1. The Morgan fingerprint density at radius 2 is 2.08 bits per heavy atom. The molecule has 0 atom stereocenters. The molecule has 0 aliphatic rings. The summed E-state index contributed by atoms with van der Waals surface area (Å²) in [5.74, 6) is 0. The molecule has 0 rings (SSSR count). The predicted molar refractivity (Wildman–Crippen MR) is 56.5 cm³/mol. The molecule has 0 unspecified atom stereocenters. The SMILES string of the molecule is C=CC(C)=N/C(C)=C\C/C=C/C. The van der Waals surface area contributed by atoms with Crippen LogP contribution in [0.3, 0.4) is 0 Å². The summed E-state index contributed by atoms with van der Waals surface area (Å²) < 4.78 is 0. The zero-order valence-electron chi connectivity index (χ0n) is 8.17. The second-order valence-corrected chi connectivity index (χ2v) is 2.61. The molecule has 0 bridgehead atoms. The van der Waals surface area contributed by atoms with Gasteiger partial charge in [-0.2, -0.15) is 0 Å². The van der Waals surface area contributed by atoms with Gasteiger partial charge in [0, 0.05) is 11.4 Å². The Kier molecular flexibility index (Phi) is 5.98. The summed E-state index contributed by atoms with van der Waals surface area (Å²) in [6.07, 6.45) is 8.94. The van der Waals surface area contributed by atoms with Crippen molar-refractivity contribution in [2.75, 3.05) is 0 Å². The van der Waals surface area contributed by atoms with Crippen LogP contribution in [0.4, 0.5) is 0 Å². The Hall–Kier alpha value is -1.11. The van der Waals surface area contributed by atoms with Crippen molar-refractivity contribution >= 4 is 5.71 Å². The van der Waals surface area contributed by atoms with Crippen LogP contribution in [0.25, 0.3) is 0 Å². The second kappa shape index (κ2) is 6.59. The quantitative estimate of drug-likeness (QED) is 0.444. The summed E-state index contributed by atoms with van der Waals surface area (Å²) >= 11 is 0. The first-order valence-corrected chi connectivity index (χ1v) is 4.16. The van der Waals surface area contributed by atoms with Crippen molar-refractivity contribution in [2.24, 2.45) is 4.99 Å². The van der Waals surface area contributed by atoms with E-state index < -0.39 is 0 Å². The van der Waals surface area contributed by atoms with Crippen molar-refractivity contribution < 1.29 is 0 Å². The van der Waals surface area contributed by atoms with Gasteiger partial charge < -0.3 is 0 Å². The minimum Gasteiger partial charge on any atom is -0.259 e. The molecule has 0 spiro atoms. The largest absolute Gasteiger partial charge is 0.259 e. The Balaban J connectivity index is 4.09. The first-order chi connectivity index (χ1) is 5.70. The van der Waals surface area contributed by atoms with E-state index in [1.165, 1.54) is 0 Å². The molecule has 0 aromatic carbocycles. The highest BCUT2D eigenvalue weighted by molar-refractivity contribution is 5.92. The lowest BCUT2D eigenvalue weighted by molar-refractivity contribution is 1.23. The summed E-state index contributed by atoms with van der Waals surface area (Å²) in [4.78, 5) is 4.29. The zero-order valence-corrected chi connectivity index (χ0v) is 8.17. The van der Waals surface area contributed by atoms with Crippen molar-refractivity contribution in [1.82, 2.24) is 0 Å². The van der Waals surface area contributed by atoms with Crippen molar-refractivity contribution in [2.45, 2.75) is 27.2 Å². The Morgan fingerprint density at radius 3 is 2.58 bits per heavy atom. The number of allylic oxidation sites excluding steroid dienone is 5. The molecular formula is C11H17N. The van der Waals surface area contributed by atoms with Crippen LogP contribution < -0.4 is 0 Å². The number of hydrogen-bond acceptors (Lipinski definition) is 1. The zero-order chi connectivity index (χ0) is 9.40. The summed E-state index contributed by atoms with van der Waals surface area (Å²) in [6, 6.07) is 0. The van der Waals surface area contributed by atoms with Crippen LogP contribution >= 0.6 is 0 Å². The van der Waals surface area contributed by atoms with Crippen molar-refractivity contribution in [3.05, 3.63) is 36.6 Å². The van der Waals surface area contributed by atoms with E-state index >= 15 is 0 Å². The van der Waals surface area contributed by atoms with Gasteiger partial charge in [0.2, 0.25) is 0 Å².